The summed E-state index contributed by atoms with van der Waals surface area (Å²) < 4.78 is 0. The topological polar surface area (TPSA) is 95.6 Å². The first-order valence-corrected chi connectivity index (χ1v) is 8.54. The van der Waals surface area contributed by atoms with E-state index in [9.17, 15) is 19.2 Å². The van der Waals surface area contributed by atoms with Crippen LogP contribution in [0.1, 0.15) is 39.1 Å². The molecule has 0 radical (unpaired) electrons. The van der Waals surface area contributed by atoms with E-state index >= 15 is 0 Å². The van der Waals surface area contributed by atoms with Crippen molar-refractivity contribution in [2.75, 3.05) is 11.9 Å². The number of carbonyl (C=O) groups excluding carboxylic acids is 4. The molecule has 3 rings (SSSR count). The minimum atomic E-state index is -0.286. The molecule has 2 aromatic carbocycles. The summed E-state index contributed by atoms with van der Waals surface area (Å²) in [6, 6.07) is 13.3. The molecule has 0 atom stereocenters. The fraction of sp³-hybridized carbons (Fsp3) is 0.200. The first kappa shape index (κ1) is 18.3. The first-order chi connectivity index (χ1) is 13.0. The normalized spacial score (nSPS) is 13.6. The van der Waals surface area contributed by atoms with Gasteiger partial charge in [-0.15, -0.1) is 0 Å². The lowest BCUT2D eigenvalue weighted by Crippen LogP contribution is -2.28. The van der Waals surface area contributed by atoms with Crippen molar-refractivity contribution in [2.24, 2.45) is 0 Å². The molecular weight excluding hydrogens is 346 g/mol. The molecule has 0 aromatic heterocycles. The number of rotatable bonds is 5. The van der Waals surface area contributed by atoms with Gasteiger partial charge in [0.1, 0.15) is 0 Å². The van der Waals surface area contributed by atoms with Crippen LogP contribution in [0, 0.1) is 0 Å². The van der Waals surface area contributed by atoms with Gasteiger partial charge in [-0.1, -0.05) is 12.1 Å². The maximum Gasteiger partial charge on any atom is 0.251 e. The van der Waals surface area contributed by atoms with Gasteiger partial charge in [-0.3, -0.25) is 24.1 Å². The van der Waals surface area contributed by atoms with E-state index in [0.29, 0.717) is 16.8 Å². The van der Waals surface area contributed by atoms with Gasteiger partial charge in [0.25, 0.3) is 11.8 Å². The Kier molecular flexibility index (Phi) is 5.30. The quantitative estimate of drug-likeness (QED) is 0.787. The van der Waals surface area contributed by atoms with E-state index in [-0.39, 0.29) is 43.0 Å². The molecule has 27 heavy (non-hydrogen) atoms. The third kappa shape index (κ3) is 4.03. The third-order valence-electron chi connectivity index (χ3n) is 4.31. The van der Waals surface area contributed by atoms with E-state index in [2.05, 4.69) is 10.6 Å². The lowest BCUT2D eigenvalue weighted by Gasteiger charge is -2.14. The number of anilines is 1. The molecule has 138 valence electrons. The van der Waals surface area contributed by atoms with Crippen molar-refractivity contribution in [2.45, 2.75) is 19.4 Å². The van der Waals surface area contributed by atoms with Crippen LogP contribution in [0.25, 0.3) is 0 Å². The van der Waals surface area contributed by atoms with Crippen LogP contribution in [0.4, 0.5) is 5.69 Å². The highest BCUT2D eigenvalue weighted by molar-refractivity contribution is 6.19. The lowest BCUT2D eigenvalue weighted by atomic mass is 10.1. The second-order valence-corrected chi connectivity index (χ2v) is 6.13. The summed E-state index contributed by atoms with van der Waals surface area (Å²) in [4.78, 5) is 48.6. The summed E-state index contributed by atoms with van der Waals surface area (Å²) in [7, 11) is 1.56. The molecule has 1 heterocycles. The number of amides is 4. The van der Waals surface area contributed by atoms with Crippen LogP contribution in [0.2, 0.25) is 0 Å². The molecule has 2 aromatic rings. The average Bonchev–Trinajstić information content (AvgIpc) is 3.04. The Morgan fingerprint density at radius 2 is 1.59 bits per heavy atom. The van der Waals surface area contributed by atoms with Crippen molar-refractivity contribution in [3.8, 4) is 0 Å². The van der Waals surface area contributed by atoms with Crippen LogP contribution >= 0.6 is 0 Å². The number of nitrogens with zero attached hydrogens (tertiary/aromatic N) is 1. The minimum Gasteiger partial charge on any atom is -0.355 e. The Bertz CT molecular complexity index is 890. The number of hydrogen-bond donors (Lipinski definition) is 2. The lowest BCUT2D eigenvalue weighted by molar-refractivity contribution is -0.121. The van der Waals surface area contributed by atoms with E-state index < -0.39 is 0 Å². The maximum absolute atomic E-state index is 12.3. The Hall–Kier alpha value is -3.48. The maximum atomic E-state index is 12.3. The van der Waals surface area contributed by atoms with Gasteiger partial charge in [-0.25, -0.2) is 0 Å². The Morgan fingerprint density at radius 3 is 2.22 bits per heavy atom. The van der Waals surface area contributed by atoms with Crippen LogP contribution in [0.3, 0.4) is 0 Å². The van der Waals surface area contributed by atoms with Crippen molar-refractivity contribution < 1.29 is 19.2 Å². The highest BCUT2D eigenvalue weighted by Gasteiger charge is 2.30. The Labute approximate surface area is 156 Å². The van der Waals surface area contributed by atoms with E-state index in [1.807, 2.05) is 6.07 Å². The van der Waals surface area contributed by atoms with Crippen LogP contribution in [0.15, 0.2) is 48.5 Å². The summed E-state index contributed by atoms with van der Waals surface area (Å²) >= 11 is 0. The predicted molar refractivity (Wildman–Crippen MR) is 99.2 cm³/mol. The second-order valence-electron chi connectivity index (χ2n) is 6.13. The zero-order valence-electron chi connectivity index (χ0n) is 14.8. The van der Waals surface area contributed by atoms with Crippen molar-refractivity contribution in [1.82, 2.24) is 10.6 Å². The van der Waals surface area contributed by atoms with E-state index in [1.165, 1.54) is 0 Å². The van der Waals surface area contributed by atoms with Gasteiger partial charge in [-0.2, -0.15) is 0 Å². The smallest absolute Gasteiger partial charge is 0.251 e. The second kappa shape index (κ2) is 7.82. The van der Waals surface area contributed by atoms with Crippen molar-refractivity contribution >= 4 is 29.3 Å². The number of carbonyl (C=O) groups is 4. The Balaban J connectivity index is 1.64. The summed E-state index contributed by atoms with van der Waals surface area (Å²) in [5.74, 6) is -0.933. The average molecular weight is 365 g/mol. The van der Waals surface area contributed by atoms with Gasteiger partial charge in [0, 0.05) is 37.6 Å². The monoisotopic (exact) mass is 365 g/mol. The number of benzene rings is 2. The van der Waals surface area contributed by atoms with Crippen LogP contribution < -0.4 is 15.5 Å². The fourth-order valence-electron chi connectivity index (χ4n) is 2.88. The van der Waals surface area contributed by atoms with E-state index in [0.717, 1.165) is 10.5 Å². The van der Waals surface area contributed by atoms with Gasteiger partial charge in [0.2, 0.25) is 11.8 Å². The van der Waals surface area contributed by atoms with E-state index in [1.54, 1.807) is 49.5 Å². The van der Waals surface area contributed by atoms with Crippen LogP contribution in [-0.2, 0) is 16.1 Å². The van der Waals surface area contributed by atoms with Crippen LogP contribution in [0.5, 0.6) is 0 Å². The minimum absolute atomic E-state index is 0.190. The molecule has 4 amide bonds. The van der Waals surface area contributed by atoms with Crippen molar-refractivity contribution in [1.29, 1.82) is 0 Å². The zero-order chi connectivity index (χ0) is 19.4. The molecule has 7 nitrogen and oxygen atoms in total. The first-order valence-electron chi connectivity index (χ1n) is 8.54. The predicted octanol–water partition coefficient (Wildman–Crippen LogP) is 1.63. The molecule has 1 fully saturated rings. The molecule has 0 unspecified atom stereocenters. The largest absolute Gasteiger partial charge is 0.355 e. The molecule has 7 heteroatoms. The van der Waals surface area contributed by atoms with Gasteiger partial charge in [0.05, 0.1) is 5.69 Å². The van der Waals surface area contributed by atoms with Crippen molar-refractivity contribution in [3.05, 3.63) is 65.2 Å². The molecule has 0 saturated carbocycles. The van der Waals surface area contributed by atoms with Gasteiger partial charge < -0.3 is 10.6 Å². The molecule has 0 spiro atoms. The molecule has 1 aliphatic heterocycles. The number of nitrogens with one attached hydrogen (secondary N) is 2. The number of hydrogen-bond acceptors (Lipinski definition) is 4. The highest BCUT2D eigenvalue weighted by Crippen LogP contribution is 2.22. The zero-order valence-corrected chi connectivity index (χ0v) is 14.8. The van der Waals surface area contributed by atoms with E-state index in [4.69, 9.17) is 0 Å². The third-order valence-corrected chi connectivity index (χ3v) is 4.31. The Morgan fingerprint density at radius 1 is 0.926 bits per heavy atom. The summed E-state index contributed by atoms with van der Waals surface area (Å²) in [5, 5.41) is 5.34. The molecule has 0 aliphatic carbocycles. The summed E-state index contributed by atoms with van der Waals surface area (Å²) in [6.07, 6.45) is 0.437. The molecular formula is C20H19N3O4. The molecule has 1 saturated heterocycles. The highest BCUT2D eigenvalue weighted by atomic mass is 16.2. The van der Waals surface area contributed by atoms with Crippen LogP contribution in [-0.4, -0.2) is 30.7 Å². The summed E-state index contributed by atoms with van der Waals surface area (Å²) in [5.41, 5.74) is 2.21. The van der Waals surface area contributed by atoms with Gasteiger partial charge in [0.15, 0.2) is 0 Å². The fourth-order valence-corrected chi connectivity index (χ4v) is 2.88. The molecule has 0 bridgehead atoms. The van der Waals surface area contributed by atoms with Gasteiger partial charge >= 0.3 is 0 Å². The summed E-state index contributed by atoms with van der Waals surface area (Å²) in [6.45, 7) is 0.272. The van der Waals surface area contributed by atoms with Crippen molar-refractivity contribution in [3.63, 3.8) is 0 Å². The standard InChI is InChI=1S/C20H19N3O4/c1-21-19(26)15-4-2-3-13(11-15)12-22-20(27)14-5-7-16(8-6-14)23-17(24)9-10-18(23)25/h2-8,11H,9-10,12H2,1H3,(H,21,26)(H,22,27). The number of imide groups is 1. The molecule has 1 aliphatic rings. The SMILES string of the molecule is CNC(=O)c1cccc(CNC(=O)c2ccc(N3C(=O)CCC3=O)cc2)c1. The van der Waals surface area contributed by atoms with Gasteiger partial charge in [-0.05, 0) is 42.0 Å². The molecule has 2 N–H and O–H groups in total.